The van der Waals surface area contributed by atoms with Crippen LogP contribution in [0.2, 0.25) is 0 Å². The van der Waals surface area contributed by atoms with Crippen LogP contribution < -0.4 is 4.74 Å². The molecule has 0 unspecified atom stereocenters. The van der Waals surface area contributed by atoms with Crippen LogP contribution >= 0.6 is 11.8 Å². The van der Waals surface area contributed by atoms with Crippen LogP contribution in [0.3, 0.4) is 0 Å². The predicted octanol–water partition coefficient (Wildman–Crippen LogP) is 3.80. The van der Waals surface area contributed by atoms with Crippen LogP contribution in [0.25, 0.3) is 11.4 Å². The molecule has 3 rings (SSSR count). The highest BCUT2D eigenvalue weighted by Crippen LogP contribution is 2.24. The van der Waals surface area contributed by atoms with E-state index in [1.54, 1.807) is 18.2 Å². The number of aliphatic hydroxyl groups is 1. The second-order valence-corrected chi connectivity index (χ2v) is 6.76. The van der Waals surface area contributed by atoms with Crippen LogP contribution in [0.4, 0.5) is 4.39 Å². The predicted molar refractivity (Wildman–Crippen MR) is 104 cm³/mol. The molecule has 0 saturated heterocycles. The Kier molecular flexibility index (Phi) is 6.62. The molecule has 0 amide bonds. The van der Waals surface area contributed by atoms with Crippen LogP contribution in [0.15, 0.2) is 72.4 Å². The van der Waals surface area contributed by atoms with E-state index < -0.39 is 11.9 Å². The summed E-state index contributed by atoms with van der Waals surface area (Å²) in [6, 6.07) is 15.9. The van der Waals surface area contributed by atoms with Crippen molar-refractivity contribution in [3.63, 3.8) is 0 Å². The molecule has 0 aliphatic rings. The van der Waals surface area contributed by atoms with E-state index in [0.29, 0.717) is 17.5 Å². The molecule has 1 heterocycles. The average Bonchev–Trinajstić information content (AvgIpc) is 3.09. The fourth-order valence-electron chi connectivity index (χ4n) is 2.46. The molecule has 0 aliphatic heterocycles. The summed E-state index contributed by atoms with van der Waals surface area (Å²) < 4.78 is 20.8. The van der Waals surface area contributed by atoms with E-state index in [4.69, 9.17) is 4.74 Å². The molecule has 1 aromatic heterocycles. The number of nitrogens with zero attached hydrogens (tertiary/aromatic N) is 3. The quantitative estimate of drug-likeness (QED) is 0.448. The van der Waals surface area contributed by atoms with Crippen molar-refractivity contribution < 1.29 is 14.2 Å². The van der Waals surface area contributed by atoms with Gasteiger partial charge in [0.25, 0.3) is 0 Å². The summed E-state index contributed by atoms with van der Waals surface area (Å²) in [5.74, 6) is 0.770. The highest BCUT2D eigenvalue weighted by atomic mass is 32.2. The van der Waals surface area contributed by atoms with Crippen molar-refractivity contribution in [1.82, 2.24) is 14.8 Å². The van der Waals surface area contributed by atoms with Gasteiger partial charge in [0.15, 0.2) is 22.5 Å². The number of halogens is 1. The van der Waals surface area contributed by atoms with E-state index in [9.17, 15) is 9.50 Å². The van der Waals surface area contributed by atoms with E-state index in [1.165, 1.54) is 23.9 Å². The van der Waals surface area contributed by atoms with Crippen molar-refractivity contribution >= 4 is 11.8 Å². The van der Waals surface area contributed by atoms with Crippen molar-refractivity contribution in [1.29, 1.82) is 0 Å². The van der Waals surface area contributed by atoms with Gasteiger partial charge >= 0.3 is 0 Å². The first-order valence-corrected chi connectivity index (χ1v) is 9.45. The van der Waals surface area contributed by atoms with Gasteiger partial charge < -0.3 is 9.84 Å². The maximum absolute atomic E-state index is 13.5. The van der Waals surface area contributed by atoms with Gasteiger partial charge in [-0.2, -0.15) is 0 Å². The Morgan fingerprint density at radius 2 is 1.89 bits per heavy atom. The summed E-state index contributed by atoms with van der Waals surface area (Å²) in [6.07, 6.45) is 1.00. The number of benzene rings is 2. The monoisotopic (exact) mass is 385 g/mol. The fraction of sp³-hybridized carbons (Fsp3) is 0.200. The summed E-state index contributed by atoms with van der Waals surface area (Å²) in [5.41, 5.74) is 0.960. The third kappa shape index (κ3) is 4.96. The van der Waals surface area contributed by atoms with Crippen molar-refractivity contribution in [2.45, 2.75) is 17.8 Å². The number of rotatable bonds is 9. The van der Waals surface area contributed by atoms with Crippen LogP contribution in [0.1, 0.15) is 0 Å². The average molecular weight is 385 g/mol. The summed E-state index contributed by atoms with van der Waals surface area (Å²) >= 11 is 1.37. The Balaban J connectivity index is 1.63. The number of hydrogen-bond donors (Lipinski definition) is 1. The molecule has 1 N–H and O–H groups in total. The first kappa shape index (κ1) is 19.1. The Hall–Kier alpha value is -2.64. The smallest absolute Gasteiger partial charge is 0.191 e. The van der Waals surface area contributed by atoms with Crippen molar-refractivity contribution in [2.75, 3.05) is 12.4 Å². The summed E-state index contributed by atoms with van der Waals surface area (Å²) in [5, 5.41) is 19.3. The van der Waals surface area contributed by atoms with E-state index in [0.717, 1.165) is 11.4 Å². The molecule has 2 aromatic carbocycles. The van der Waals surface area contributed by atoms with Gasteiger partial charge in [0.2, 0.25) is 0 Å². The molecule has 5 nitrogen and oxygen atoms in total. The minimum absolute atomic E-state index is 0.00489. The number of aliphatic hydroxyl groups excluding tert-OH is 1. The molecule has 0 saturated carbocycles. The SMILES string of the molecule is C=CCn1c(SC[C@H](O)COc2ccccc2F)nnc1-c1ccccc1. The molecule has 0 bridgehead atoms. The molecule has 1 atom stereocenters. The lowest BCUT2D eigenvalue weighted by molar-refractivity contribution is 0.123. The molecule has 7 heteroatoms. The van der Waals surface area contributed by atoms with Gasteiger partial charge in [-0.1, -0.05) is 60.3 Å². The number of aromatic nitrogens is 3. The van der Waals surface area contributed by atoms with E-state index in [2.05, 4.69) is 16.8 Å². The van der Waals surface area contributed by atoms with Crippen LogP contribution in [-0.4, -0.2) is 38.3 Å². The van der Waals surface area contributed by atoms with Crippen LogP contribution in [0, 0.1) is 5.82 Å². The third-order valence-electron chi connectivity index (χ3n) is 3.73. The van der Waals surface area contributed by atoms with Gasteiger partial charge in [-0.15, -0.1) is 16.8 Å². The molecule has 0 aliphatic carbocycles. The van der Waals surface area contributed by atoms with Crippen LogP contribution in [0.5, 0.6) is 5.75 Å². The third-order valence-corrected chi connectivity index (χ3v) is 4.84. The fourth-order valence-corrected chi connectivity index (χ4v) is 3.31. The minimum atomic E-state index is -0.774. The lowest BCUT2D eigenvalue weighted by Gasteiger charge is -2.13. The Morgan fingerprint density at radius 3 is 2.63 bits per heavy atom. The zero-order valence-corrected chi connectivity index (χ0v) is 15.5. The Bertz CT molecular complexity index is 886. The molecule has 3 aromatic rings. The first-order chi connectivity index (χ1) is 13.2. The largest absolute Gasteiger partial charge is 0.488 e. The number of ether oxygens (including phenoxy) is 1. The van der Waals surface area contributed by atoms with Gasteiger partial charge in [-0.25, -0.2) is 4.39 Å². The molecular weight excluding hydrogens is 365 g/mol. The second kappa shape index (κ2) is 9.34. The normalized spacial score (nSPS) is 11.9. The second-order valence-electron chi connectivity index (χ2n) is 5.78. The highest BCUT2D eigenvalue weighted by molar-refractivity contribution is 7.99. The topological polar surface area (TPSA) is 60.2 Å². The van der Waals surface area contributed by atoms with Crippen molar-refractivity contribution in [3.05, 3.63) is 73.1 Å². The summed E-state index contributed by atoms with van der Waals surface area (Å²) in [4.78, 5) is 0. The van der Waals surface area contributed by atoms with Gasteiger partial charge in [0.1, 0.15) is 6.61 Å². The van der Waals surface area contributed by atoms with E-state index in [1.807, 2.05) is 34.9 Å². The number of thioether (sulfide) groups is 1. The molecule has 0 fully saturated rings. The number of hydrogen-bond acceptors (Lipinski definition) is 5. The zero-order chi connectivity index (χ0) is 19.1. The molecule has 0 spiro atoms. The van der Waals surface area contributed by atoms with Gasteiger partial charge in [0, 0.05) is 17.9 Å². The van der Waals surface area contributed by atoms with E-state index in [-0.39, 0.29) is 12.4 Å². The lowest BCUT2D eigenvalue weighted by atomic mass is 10.2. The molecule has 140 valence electrons. The highest BCUT2D eigenvalue weighted by Gasteiger charge is 2.15. The molecular formula is C20H20FN3O2S. The maximum atomic E-state index is 13.5. The number of allylic oxidation sites excluding steroid dienone is 1. The molecule has 0 radical (unpaired) electrons. The Morgan fingerprint density at radius 1 is 1.15 bits per heavy atom. The van der Waals surface area contributed by atoms with Crippen molar-refractivity contribution in [2.24, 2.45) is 0 Å². The standard InChI is InChI=1S/C20H20FN3O2S/c1-2-12-24-19(15-8-4-3-5-9-15)22-23-20(24)27-14-16(25)13-26-18-11-7-6-10-17(18)21/h2-11,16,25H,1,12-14H2/t16-/m1/s1. The zero-order valence-electron chi connectivity index (χ0n) is 14.7. The first-order valence-electron chi connectivity index (χ1n) is 8.46. The van der Waals surface area contributed by atoms with Gasteiger partial charge in [-0.05, 0) is 12.1 Å². The lowest BCUT2D eigenvalue weighted by Crippen LogP contribution is -2.20. The van der Waals surface area contributed by atoms with Gasteiger partial charge in [-0.3, -0.25) is 4.57 Å². The number of para-hydroxylation sites is 1. The van der Waals surface area contributed by atoms with Crippen molar-refractivity contribution in [3.8, 4) is 17.1 Å². The van der Waals surface area contributed by atoms with Crippen LogP contribution in [-0.2, 0) is 6.54 Å². The van der Waals surface area contributed by atoms with Gasteiger partial charge in [0.05, 0.1) is 6.10 Å². The minimum Gasteiger partial charge on any atom is -0.488 e. The summed E-state index contributed by atoms with van der Waals surface area (Å²) in [7, 11) is 0. The Labute approximate surface area is 161 Å². The van der Waals surface area contributed by atoms with E-state index >= 15 is 0 Å². The molecule has 27 heavy (non-hydrogen) atoms. The summed E-state index contributed by atoms with van der Waals surface area (Å²) in [6.45, 7) is 4.34. The maximum Gasteiger partial charge on any atom is 0.191 e.